The zero-order chi connectivity index (χ0) is 13.1. The molecule has 0 amide bonds. The number of hydrogen-bond donors (Lipinski definition) is 1. The van der Waals surface area contributed by atoms with Crippen molar-refractivity contribution in [1.82, 2.24) is 9.80 Å². The number of rotatable bonds is 3. The number of piperazine rings is 1. The summed E-state index contributed by atoms with van der Waals surface area (Å²) in [5.74, 6) is -0.209. The van der Waals surface area contributed by atoms with E-state index in [9.17, 15) is 4.39 Å². The summed E-state index contributed by atoms with van der Waals surface area (Å²) < 4.78 is 13.2. The third-order valence-corrected chi connectivity index (χ3v) is 3.75. The molecule has 1 aliphatic rings. The molecule has 2 N–H and O–H groups in total. The minimum atomic E-state index is -0.209. The van der Waals surface area contributed by atoms with Crippen LogP contribution in [0.5, 0.6) is 0 Å². The maximum absolute atomic E-state index is 13.2. The van der Waals surface area contributed by atoms with Crippen LogP contribution in [0.2, 0.25) is 0 Å². The fourth-order valence-corrected chi connectivity index (χ4v) is 2.64. The van der Waals surface area contributed by atoms with Crippen LogP contribution in [0.15, 0.2) is 18.2 Å². The van der Waals surface area contributed by atoms with Gasteiger partial charge in [0.25, 0.3) is 0 Å². The smallest absolute Gasteiger partial charge is 0.123 e. The molecule has 3 nitrogen and oxygen atoms in total. The standard InChI is InChI=1S/C14H22FN3/c1-3-18-7-6-17(9-11(18)2)10-12-8-13(15)4-5-14(12)16/h4-5,8,11H,3,6-7,9-10,16H2,1-2H3. The number of hydrogen-bond acceptors (Lipinski definition) is 3. The molecular weight excluding hydrogens is 229 g/mol. The largest absolute Gasteiger partial charge is 0.398 e. The van der Waals surface area contributed by atoms with Crippen molar-refractivity contribution in [2.45, 2.75) is 26.4 Å². The topological polar surface area (TPSA) is 32.5 Å². The van der Waals surface area contributed by atoms with Crippen molar-refractivity contribution < 1.29 is 4.39 Å². The summed E-state index contributed by atoms with van der Waals surface area (Å²) in [7, 11) is 0. The Balaban J connectivity index is 2.00. The van der Waals surface area contributed by atoms with Crippen LogP contribution < -0.4 is 5.73 Å². The molecule has 1 atom stereocenters. The lowest BCUT2D eigenvalue weighted by Crippen LogP contribution is -2.51. The SMILES string of the molecule is CCN1CCN(Cc2cc(F)ccc2N)CC1C. The molecule has 0 radical (unpaired) electrons. The predicted octanol–water partition coefficient (Wildman–Crippen LogP) is 1.93. The average Bonchev–Trinajstić information content (AvgIpc) is 2.34. The van der Waals surface area contributed by atoms with Gasteiger partial charge in [-0.2, -0.15) is 0 Å². The molecule has 1 aliphatic heterocycles. The van der Waals surface area contributed by atoms with Gasteiger partial charge in [0.05, 0.1) is 0 Å². The minimum absolute atomic E-state index is 0.209. The molecule has 0 spiro atoms. The number of anilines is 1. The van der Waals surface area contributed by atoms with Crippen LogP contribution in [0.1, 0.15) is 19.4 Å². The highest BCUT2D eigenvalue weighted by Crippen LogP contribution is 2.18. The quantitative estimate of drug-likeness (QED) is 0.833. The molecule has 1 saturated heterocycles. The number of nitrogens with zero attached hydrogens (tertiary/aromatic N) is 2. The molecule has 1 aromatic carbocycles. The summed E-state index contributed by atoms with van der Waals surface area (Å²) in [6.45, 7) is 9.38. The van der Waals surface area contributed by atoms with Crippen molar-refractivity contribution in [2.75, 3.05) is 31.9 Å². The van der Waals surface area contributed by atoms with Crippen LogP contribution in [0.3, 0.4) is 0 Å². The lowest BCUT2D eigenvalue weighted by molar-refractivity contribution is 0.0835. The van der Waals surface area contributed by atoms with Crippen molar-refractivity contribution in [2.24, 2.45) is 0 Å². The molecule has 100 valence electrons. The highest BCUT2D eigenvalue weighted by Gasteiger charge is 2.22. The van der Waals surface area contributed by atoms with Crippen molar-refractivity contribution in [3.05, 3.63) is 29.6 Å². The molecule has 1 fully saturated rings. The van der Waals surface area contributed by atoms with E-state index in [2.05, 4.69) is 23.6 Å². The zero-order valence-corrected chi connectivity index (χ0v) is 11.2. The molecule has 18 heavy (non-hydrogen) atoms. The van der Waals surface area contributed by atoms with E-state index in [1.54, 1.807) is 12.1 Å². The number of halogens is 1. The Morgan fingerprint density at radius 3 is 2.83 bits per heavy atom. The minimum Gasteiger partial charge on any atom is -0.398 e. The first-order valence-electron chi connectivity index (χ1n) is 6.60. The van der Waals surface area contributed by atoms with Crippen molar-refractivity contribution in [3.8, 4) is 0 Å². The summed E-state index contributed by atoms with van der Waals surface area (Å²) in [4.78, 5) is 4.81. The van der Waals surface area contributed by atoms with Gasteiger partial charge in [-0.3, -0.25) is 9.80 Å². The first-order valence-corrected chi connectivity index (χ1v) is 6.60. The van der Waals surface area contributed by atoms with Gasteiger partial charge in [-0.1, -0.05) is 6.92 Å². The number of nitrogen functional groups attached to an aromatic ring is 1. The van der Waals surface area contributed by atoms with Gasteiger partial charge < -0.3 is 5.73 Å². The maximum atomic E-state index is 13.2. The van der Waals surface area contributed by atoms with Gasteiger partial charge in [0.1, 0.15) is 5.82 Å². The highest BCUT2D eigenvalue weighted by atomic mass is 19.1. The third kappa shape index (κ3) is 3.00. The highest BCUT2D eigenvalue weighted by molar-refractivity contribution is 5.46. The fraction of sp³-hybridized carbons (Fsp3) is 0.571. The Bertz CT molecular complexity index is 408. The zero-order valence-electron chi connectivity index (χ0n) is 11.2. The van der Waals surface area contributed by atoms with Crippen LogP contribution >= 0.6 is 0 Å². The van der Waals surface area contributed by atoms with Gasteiger partial charge >= 0.3 is 0 Å². The summed E-state index contributed by atoms with van der Waals surface area (Å²) in [5, 5.41) is 0. The van der Waals surface area contributed by atoms with Crippen molar-refractivity contribution in [3.63, 3.8) is 0 Å². The normalized spacial score (nSPS) is 22.3. The predicted molar refractivity (Wildman–Crippen MR) is 72.8 cm³/mol. The number of likely N-dealkylation sites (N-methyl/N-ethyl adjacent to an activating group) is 1. The van der Waals surface area contributed by atoms with E-state index < -0.39 is 0 Å². The lowest BCUT2D eigenvalue weighted by Gasteiger charge is -2.39. The number of nitrogens with two attached hydrogens (primary N) is 1. The van der Waals surface area contributed by atoms with Gasteiger partial charge in [-0.05, 0) is 37.2 Å². The molecule has 2 rings (SSSR count). The summed E-state index contributed by atoms with van der Waals surface area (Å²) in [6.07, 6.45) is 0. The Kier molecular flexibility index (Phi) is 4.19. The first kappa shape index (κ1) is 13.3. The molecule has 0 aromatic heterocycles. The second-order valence-corrected chi connectivity index (χ2v) is 5.06. The lowest BCUT2D eigenvalue weighted by atomic mass is 10.1. The van der Waals surface area contributed by atoms with E-state index in [1.165, 1.54) is 6.07 Å². The van der Waals surface area contributed by atoms with Gasteiger partial charge in [0.15, 0.2) is 0 Å². The second-order valence-electron chi connectivity index (χ2n) is 5.06. The Hall–Kier alpha value is -1.13. The van der Waals surface area contributed by atoms with E-state index in [0.717, 1.165) is 38.3 Å². The summed E-state index contributed by atoms with van der Waals surface area (Å²) in [6, 6.07) is 5.16. The summed E-state index contributed by atoms with van der Waals surface area (Å²) in [5.41, 5.74) is 7.47. The van der Waals surface area contributed by atoms with Crippen molar-refractivity contribution in [1.29, 1.82) is 0 Å². The Morgan fingerprint density at radius 1 is 1.39 bits per heavy atom. The van der Waals surface area contributed by atoms with E-state index >= 15 is 0 Å². The number of benzene rings is 1. The maximum Gasteiger partial charge on any atom is 0.123 e. The van der Waals surface area contributed by atoms with Gasteiger partial charge in [0, 0.05) is 37.9 Å². The van der Waals surface area contributed by atoms with Crippen molar-refractivity contribution >= 4 is 5.69 Å². The monoisotopic (exact) mass is 251 g/mol. The van der Waals surface area contributed by atoms with Crippen LogP contribution in [-0.2, 0) is 6.54 Å². The van der Waals surface area contributed by atoms with Gasteiger partial charge in [0.2, 0.25) is 0 Å². The molecular formula is C14H22FN3. The molecule has 0 aliphatic carbocycles. The third-order valence-electron chi connectivity index (χ3n) is 3.75. The molecule has 1 aromatic rings. The Labute approximate surface area is 108 Å². The first-order chi connectivity index (χ1) is 8.60. The van der Waals surface area contributed by atoms with Crippen LogP contribution in [0.4, 0.5) is 10.1 Å². The molecule has 1 heterocycles. The van der Waals surface area contributed by atoms with E-state index in [1.807, 2.05) is 0 Å². The Morgan fingerprint density at radius 2 is 2.17 bits per heavy atom. The molecule has 1 unspecified atom stereocenters. The summed E-state index contributed by atoms with van der Waals surface area (Å²) >= 11 is 0. The van der Waals surface area contributed by atoms with Gasteiger partial charge in [-0.25, -0.2) is 4.39 Å². The van der Waals surface area contributed by atoms with E-state index in [-0.39, 0.29) is 5.82 Å². The fourth-order valence-electron chi connectivity index (χ4n) is 2.64. The van der Waals surface area contributed by atoms with E-state index in [0.29, 0.717) is 11.7 Å². The second kappa shape index (κ2) is 5.67. The van der Waals surface area contributed by atoms with Crippen LogP contribution in [0, 0.1) is 5.82 Å². The van der Waals surface area contributed by atoms with Crippen LogP contribution in [-0.4, -0.2) is 42.0 Å². The average molecular weight is 251 g/mol. The molecule has 0 bridgehead atoms. The van der Waals surface area contributed by atoms with E-state index in [4.69, 9.17) is 5.73 Å². The van der Waals surface area contributed by atoms with Gasteiger partial charge in [-0.15, -0.1) is 0 Å². The van der Waals surface area contributed by atoms with Crippen LogP contribution in [0.25, 0.3) is 0 Å². The molecule has 0 saturated carbocycles. The molecule has 4 heteroatoms.